The van der Waals surface area contributed by atoms with Gasteiger partial charge in [-0.05, 0) is 81.1 Å². The topological polar surface area (TPSA) is 17.1 Å². The number of ketones is 1. The van der Waals surface area contributed by atoms with Crippen molar-refractivity contribution < 1.29 is 4.79 Å². The molecule has 0 aliphatic heterocycles. The molecule has 3 aliphatic rings. The van der Waals surface area contributed by atoms with Crippen LogP contribution in [-0.4, -0.2) is 5.78 Å². The normalized spacial score (nSPS) is 37.0. The van der Waals surface area contributed by atoms with Crippen molar-refractivity contribution in [1.82, 2.24) is 0 Å². The summed E-state index contributed by atoms with van der Waals surface area (Å²) in [7, 11) is 0. The zero-order chi connectivity index (χ0) is 15.4. The predicted molar refractivity (Wildman–Crippen MR) is 92.7 cm³/mol. The third-order valence-electron chi connectivity index (χ3n) is 6.79. The van der Waals surface area contributed by atoms with Crippen LogP contribution in [0.25, 0.3) is 0 Å². The monoisotopic (exact) mass is 302 g/mol. The Bertz CT molecular complexity index is 392. The number of rotatable bonds is 4. The largest absolute Gasteiger partial charge is 0.295 e. The van der Waals surface area contributed by atoms with Gasteiger partial charge in [-0.15, -0.1) is 0 Å². The minimum absolute atomic E-state index is 0.387. The summed E-state index contributed by atoms with van der Waals surface area (Å²) in [5.74, 6) is 4.19. The highest BCUT2D eigenvalue weighted by Crippen LogP contribution is 2.44. The molecule has 0 N–H and O–H groups in total. The van der Waals surface area contributed by atoms with Crippen LogP contribution in [0.3, 0.4) is 0 Å². The molecule has 0 radical (unpaired) electrons. The maximum absolute atomic E-state index is 11.6. The van der Waals surface area contributed by atoms with Crippen LogP contribution in [0.2, 0.25) is 0 Å². The summed E-state index contributed by atoms with van der Waals surface area (Å²) in [6.07, 6.45) is 19.5. The molecule has 0 unspecified atom stereocenters. The highest BCUT2D eigenvalue weighted by molar-refractivity contribution is 5.91. The van der Waals surface area contributed by atoms with Gasteiger partial charge in [0.1, 0.15) is 0 Å². The van der Waals surface area contributed by atoms with Crippen molar-refractivity contribution in [2.45, 2.75) is 90.4 Å². The fraction of sp³-hybridized carbons (Fsp3) is 0.857. The molecule has 0 saturated heterocycles. The Morgan fingerprint density at radius 3 is 2.14 bits per heavy atom. The van der Waals surface area contributed by atoms with Crippen LogP contribution in [0.5, 0.6) is 0 Å². The number of carbonyl (C=O) groups is 1. The number of hydrogen-bond acceptors (Lipinski definition) is 1. The second-order valence-corrected chi connectivity index (χ2v) is 8.22. The molecule has 2 fully saturated rings. The molecule has 0 spiro atoms. The lowest BCUT2D eigenvalue weighted by Gasteiger charge is -2.38. The van der Waals surface area contributed by atoms with Crippen LogP contribution in [0.4, 0.5) is 0 Å². The number of carbonyl (C=O) groups excluding carboxylic acids is 1. The standard InChI is InChI=1S/C21H34O/c1-2-4-16-7-9-17(10-8-16)18-11-13-19(14-12-18)20-5-3-6-21(22)15-20/h15-19H,2-14H2,1H3. The van der Waals surface area contributed by atoms with Gasteiger partial charge in [0.15, 0.2) is 5.78 Å². The first kappa shape index (κ1) is 16.3. The summed E-state index contributed by atoms with van der Waals surface area (Å²) < 4.78 is 0. The molecule has 0 amide bonds. The van der Waals surface area contributed by atoms with Gasteiger partial charge in [0, 0.05) is 6.42 Å². The average molecular weight is 303 g/mol. The van der Waals surface area contributed by atoms with Gasteiger partial charge >= 0.3 is 0 Å². The smallest absolute Gasteiger partial charge is 0.155 e. The lowest BCUT2D eigenvalue weighted by Crippen LogP contribution is -2.26. The second kappa shape index (κ2) is 7.79. The SMILES string of the molecule is CCCC1CCC(C2CCC(C3=CC(=O)CCC3)CC2)CC1. The van der Waals surface area contributed by atoms with E-state index in [1.165, 1.54) is 76.2 Å². The lowest BCUT2D eigenvalue weighted by atomic mass is 9.67. The summed E-state index contributed by atoms with van der Waals surface area (Å²) >= 11 is 0. The maximum Gasteiger partial charge on any atom is 0.155 e. The lowest BCUT2D eigenvalue weighted by molar-refractivity contribution is -0.115. The summed E-state index contributed by atoms with van der Waals surface area (Å²) in [6, 6.07) is 0. The van der Waals surface area contributed by atoms with E-state index in [4.69, 9.17) is 0 Å². The van der Waals surface area contributed by atoms with Crippen molar-refractivity contribution in [2.75, 3.05) is 0 Å². The van der Waals surface area contributed by atoms with Crippen LogP contribution in [0.15, 0.2) is 11.6 Å². The van der Waals surface area contributed by atoms with E-state index >= 15 is 0 Å². The molecular formula is C21H34O. The van der Waals surface area contributed by atoms with Crippen molar-refractivity contribution in [2.24, 2.45) is 23.7 Å². The van der Waals surface area contributed by atoms with E-state index in [0.29, 0.717) is 5.78 Å². The second-order valence-electron chi connectivity index (χ2n) is 8.22. The minimum Gasteiger partial charge on any atom is -0.295 e. The van der Waals surface area contributed by atoms with Gasteiger partial charge in [-0.1, -0.05) is 38.2 Å². The van der Waals surface area contributed by atoms with Crippen LogP contribution in [-0.2, 0) is 4.79 Å². The highest BCUT2D eigenvalue weighted by Gasteiger charge is 2.32. The van der Waals surface area contributed by atoms with E-state index in [1.807, 2.05) is 6.08 Å². The van der Waals surface area contributed by atoms with Crippen molar-refractivity contribution in [1.29, 1.82) is 0 Å². The molecule has 1 nitrogen and oxygen atoms in total. The first-order valence-corrected chi connectivity index (χ1v) is 9.99. The molecule has 0 aromatic carbocycles. The van der Waals surface area contributed by atoms with E-state index in [9.17, 15) is 4.79 Å². The molecule has 22 heavy (non-hydrogen) atoms. The van der Waals surface area contributed by atoms with Gasteiger partial charge in [0.25, 0.3) is 0 Å². The Kier molecular flexibility index (Phi) is 5.77. The molecular weight excluding hydrogens is 268 g/mol. The first-order valence-electron chi connectivity index (χ1n) is 9.99. The van der Waals surface area contributed by atoms with Crippen molar-refractivity contribution in [3.05, 3.63) is 11.6 Å². The summed E-state index contributed by atoms with van der Waals surface area (Å²) in [5.41, 5.74) is 1.50. The maximum atomic E-state index is 11.6. The molecule has 2 saturated carbocycles. The van der Waals surface area contributed by atoms with Gasteiger partial charge in [0.05, 0.1) is 0 Å². The van der Waals surface area contributed by atoms with Crippen molar-refractivity contribution >= 4 is 5.78 Å². The number of hydrogen-bond donors (Lipinski definition) is 0. The van der Waals surface area contributed by atoms with Gasteiger partial charge < -0.3 is 0 Å². The zero-order valence-corrected chi connectivity index (χ0v) is 14.5. The van der Waals surface area contributed by atoms with E-state index in [1.54, 1.807) is 0 Å². The molecule has 0 heterocycles. The van der Waals surface area contributed by atoms with E-state index in [-0.39, 0.29) is 0 Å². The van der Waals surface area contributed by atoms with Crippen LogP contribution < -0.4 is 0 Å². The molecule has 124 valence electrons. The molecule has 3 aliphatic carbocycles. The zero-order valence-electron chi connectivity index (χ0n) is 14.5. The first-order chi connectivity index (χ1) is 10.8. The Morgan fingerprint density at radius 1 is 0.909 bits per heavy atom. The van der Waals surface area contributed by atoms with Gasteiger partial charge in [0.2, 0.25) is 0 Å². The third kappa shape index (κ3) is 4.03. The van der Waals surface area contributed by atoms with E-state index in [0.717, 1.165) is 36.5 Å². The van der Waals surface area contributed by atoms with Crippen LogP contribution in [0.1, 0.15) is 90.4 Å². The van der Waals surface area contributed by atoms with Gasteiger partial charge in [-0.2, -0.15) is 0 Å². The predicted octanol–water partition coefficient (Wildman–Crippen LogP) is 6.08. The van der Waals surface area contributed by atoms with Gasteiger partial charge in [-0.3, -0.25) is 4.79 Å². The Labute approximate surface area is 136 Å². The summed E-state index contributed by atoms with van der Waals surface area (Å²) in [6.45, 7) is 2.33. The Morgan fingerprint density at radius 2 is 1.55 bits per heavy atom. The van der Waals surface area contributed by atoms with Crippen molar-refractivity contribution in [3.8, 4) is 0 Å². The minimum atomic E-state index is 0.387. The van der Waals surface area contributed by atoms with Crippen molar-refractivity contribution in [3.63, 3.8) is 0 Å². The number of allylic oxidation sites excluding steroid dienone is 2. The summed E-state index contributed by atoms with van der Waals surface area (Å²) in [4.78, 5) is 11.6. The Hall–Kier alpha value is -0.590. The third-order valence-corrected chi connectivity index (χ3v) is 6.79. The fourth-order valence-corrected chi connectivity index (χ4v) is 5.46. The molecule has 1 heteroatoms. The molecule has 0 bridgehead atoms. The highest BCUT2D eigenvalue weighted by atomic mass is 16.1. The average Bonchev–Trinajstić information content (AvgIpc) is 2.56. The fourth-order valence-electron chi connectivity index (χ4n) is 5.46. The van der Waals surface area contributed by atoms with Crippen LogP contribution >= 0.6 is 0 Å². The van der Waals surface area contributed by atoms with E-state index in [2.05, 4.69) is 6.92 Å². The quantitative estimate of drug-likeness (QED) is 0.615. The molecule has 0 aromatic rings. The van der Waals surface area contributed by atoms with Gasteiger partial charge in [-0.25, -0.2) is 0 Å². The molecule has 0 aromatic heterocycles. The molecule has 3 rings (SSSR count). The molecule has 0 atom stereocenters. The van der Waals surface area contributed by atoms with Crippen LogP contribution in [0, 0.1) is 23.7 Å². The Balaban J connectivity index is 1.45. The van der Waals surface area contributed by atoms with E-state index < -0.39 is 0 Å². The summed E-state index contributed by atoms with van der Waals surface area (Å²) in [5, 5.41) is 0.